The quantitative estimate of drug-likeness (QED) is 0.890. The van der Waals surface area contributed by atoms with Crippen LogP contribution in [0.25, 0.3) is 0 Å². The Morgan fingerprint density at radius 2 is 2.00 bits per heavy atom. The summed E-state index contributed by atoms with van der Waals surface area (Å²) >= 11 is 1.43. The number of aromatic nitrogens is 2. The van der Waals surface area contributed by atoms with Crippen LogP contribution in [0.2, 0.25) is 0 Å². The van der Waals surface area contributed by atoms with E-state index in [2.05, 4.69) is 29.4 Å². The molecule has 0 saturated carbocycles. The summed E-state index contributed by atoms with van der Waals surface area (Å²) in [7, 11) is 1.63. The molecule has 112 valence electrons. The minimum absolute atomic E-state index is 0.0442. The monoisotopic (exact) mass is 305 g/mol. The summed E-state index contributed by atoms with van der Waals surface area (Å²) < 4.78 is 5.10. The average Bonchev–Trinajstić information content (AvgIpc) is 2.94. The minimum Gasteiger partial charge on any atom is -0.497 e. The Kier molecular flexibility index (Phi) is 5.27. The van der Waals surface area contributed by atoms with Gasteiger partial charge in [0.05, 0.1) is 7.11 Å². The van der Waals surface area contributed by atoms with Crippen molar-refractivity contribution in [2.45, 2.75) is 32.6 Å². The molecule has 0 bridgehead atoms. The van der Waals surface area contributed by atoms with E-state index < -0.39 is 0 Å². The molecule has 0 aliphatic rings. The SMILES string of the molecule is COc1ccc(CCC(=O)Nc2nnc(C(C)C)s2)cc1. The van der Waals surface area contributed by atoms with Gasteiger partial charge in [-0.1, -0.05) is 37.3 Å². The Labute approximate surface area is 128 Å². The van der Waals surface area contributed by atoms with Gasteiger partial charge in [0.2, 0.25) is 11.0 Å². The molecule has 2 aromatic rings. The first-order valence-electron chi connectivity index (χ1n) is 6.84. The van der Waals surface area contributed by atoms with Crippen molar-refractivity contribution in [3.8, 4) is 5.75 Å². The summed E-state index contributed by atoms with van der Waals surface area (Å²) in [6.07, 6.45) is 1.11. The zero-order valence-corrected chi connectivity index (χ0v) is 13.2. The summed E-state index contributed by atoms with van der Waals surface area (Å²) in [5.74, 6) is 1.10. The molecular weight excluding hydrogens is 286 g/mol. The van der Waals surface area contributed by atoms with Crippen LogP contribution >= 0.6 is 11.3 Å². The van der Waals surface area contributed by atoms with Gasteiger partial charge in [-0.25, -0.2) is 0 Å². The van der Waals surface area contributed by atoms with Crippen molar-refractivity contribution < 1.29 is 9.53 Å². The van der Waals surface area contributed by atoms with E-state index in [1.54, 1.807) is 7.11 Å². The first-order valence-corrected chi connectivity index (χ1v) is 7.66. The molecule has 0 fully saturated rings. The Morgan fingerprint density at radius 3 is 2.57 bits per heavy atom. The molecule has 1 amide bonds. The molecule has 0 atom stereocenters. The summed E-state index contributed by atoms with van der Waals surface area (Å²) in [5, 5.41) is 12.3. The number of hydrogen-bond acceptors (Lipinski definition) is 5. The number of carbonyl (C=O) groups is 1. The van der Waals surface area contributed by atoms with Gasteiger partial charge in [0, 0.05) is 12.3 Å². The number of methoxy groups -OCH3 is 1. The molecule has 2 rings (SSSR count). The van der Waals surface area contributed by atoms with Gasteiger partial charge in [-0.05, 0) is 24.1 Å². The van der Waals surface area contributed by atoms with Gasteiger partial charge in [0.25, 0.3) is 0 Å². The predicted molar refractivity (Wildman–Crippen MR) is 83.9 cm³/mol. The lowest BCUT2D eigenvalue weighted by molar-refractivity contribution is -0.116. The largest absolute Gasteiger partial charge is 0.497 e. The number of anilines is 1. The van der Waals surface area contributed by atoms with Crippen LogP contribution in [-0.2, 0) is 11.2 Å². The number of benzene rings is 1. The van der Waals surface area contributed by atoms with Crippen molar-refractivity contribution >= 4 is 22.4 Å². The van der Waals surface area contributed by atoms with E-state index in [1.807, 2.05) is 24.3 Å². The second-order valence-corrected chi connectivity index (χ2v) is 6.01. The van der Waals surface area contributed by atoms with Crippen molar-refractivity contribution in [2.24, 2.45) is 0 Å². The van der Waals surface area contributed by atoms with E-state index in [0.717, 1.165) is 16.3 Å². The highest BCUT2D eigenvalue weighted by molar-refractivity contribution is 7.15. The summed E-state index contributed by atoms with van der Waals surface area (Å²) in [5.41, 5.74) is 1.10. The normalized spacial score (nSPS) is 10.7. The fourth-order valence-corrected chi connectivity index (χ4v) is 2.51. The number of aryl methyl sites for hydroxylation is 1. The van der Waals surface area contributed by atoms with Crippen LogP contribution in [0.4, 0.5) is 5.13 Å². The van der Waals surface area contributed by atoms with Crippen LogP contribution < -0.4 is 10.1 Å². The molecule has 6 heteroatoms. The van der Waals surface area contributed by atoms with Gasteiger partial charge < -0.3 is 10.1 Å². The smallest absolute Gasteiger partial charge is 0.226 e. The topological polar surface area (TPSA) is 64.1 Å². The fraction of sp³-hybridized carbons (Fsp3) is 0.400. The van der Waals surface area contributed by atoms with Crippen molar-refractivity contribution in [3.63, 3.8) is 0 Å². The lowest BCUT2D eigenvalue weighted by Gasteiger charge is -2.03. The van der Waals surface area contributed by atoms with E-state index in [1.165, 1.54) is 11.3 Å². The molecule has 1 aromatic carbocycles. The molecule has 0 unspecified atom stereocenters. The molecule has 1 N–H and O–H groups in total. The lowest BCUT2D eigenvalue weighted by Crippen LogP contribution is -2.12. The van der Waals surface area contributed by atoms with E-state index in [-0.39, 0.29) is 5.91 Å². The molecule has 1 heterocycles. The highest BCUT2D eigenvalue weighted by Crippen LogP contribution is 2.22. The van der Waals surface area contributed by atoms with Crippen LogP contribution in [0, 0.1) is 0 Å². The number of carbonyl (C=O) groups excluding carboxylic acids is 1. The maximum atomic E-state index is 11.9. The van der Waals surface area contributed by atoms with Crippen LogP contribution in [-0.4, -0.2) is 23.2 Å². The number of amides is 1. The van der Waals surface area contributed by atoms with Crippen molar-refractivity contribution in [1.29, 1.82) is 0 Å². The second kappa shape index (κ2) is 7.17. The van der Waals surface area contributed by atoms with Crippen LogP contribution in [0.3, 0.4) is 0 Å². The van der Waals surface area contributed by atoms with Crippen molar-refractivity contribution in [3.05, 3.63) is 34.8 Å². The van der Waals surface area contributed by atoms with Gasteiger partial charge in [-0.2, -0.15) is 0 Å². The molecule has 0 aliphatic heterocycles. The zero-order valence-electron chi connectivity index (χ0n) is 12.4. The third-order valence-corrected chi connectivity index (χ3v) is 4.12. The molecular formula is C15H19N3O2S. The Hall–Kier alpha value is -1.95. The van der Waals surface area contributed by atoms with E-state index in [4.69, 9.17) is 4.74 Å². The van der Waals surface area contributed by atoms with Gasteiger partial charge in [-0.15, -0.1) is 10.2 Å². The number of nitrogens with zero attached hydrogens (tertiary/aromatic N) is 2. The van der Waals surface area contributed by atoms with Gasteiger partial charge in [-0.3, -0.25) is 4.79 Å². The highest BCUT2D eigenvalue weighted by atomic mass is 32.1. The third-order valence-electron chi connectivity index (χ3n) is 2.98. The number of nitrogens with one attached hydrogen (secondary N) is 1. The second-order valence-electron chi connectivity index (χ2n) is 5.00. The average molecular weight is 305 g/mol. The minimum atomic E-state index is -0.0442. The molecule has 0 aliphatic carbocycles. The number of hydrogen-bond donors (Lipinski definition) is 1. The predicted octanol–water partition coefficient (Wildman–Crippen LogP) is 3.24. The van der Waals surface area contributed by atoms with Gasteiger partial charge in [0.1, 0.15) is 10.8 Å². The molecule has 5 nitrogen and oxygen atoms in total. The molecule has 0 radical (unpaired) electrons. The number of rotatable bonds is 6. The fourth-order valence-electron chi connectivity index (χ4n) is 1.75. The van der Waals surface area contributed by atoms with E-state index in [0.29, 0.717) is 23.9 Å². The highest BCUT2D eigenvalue weighted by Gasteiger charge is 2.10. The van der Waals surface area contributed by atoms with Crippen LogP contribution in [0.1, 0.15) is 36.8 Å². The molecule has 0 spiro atoms. The van der Waals surface area contributed by atoms with Gasteiger partial charge >= 0.3 is 0 Å². The zero-order chi connectivity index (χ0) is 15.2. The van der Waals surface area contributed by atoms with Gasteiger partial charge in [0.15, 0.2) is 0 Å². The van der Waals surface area contributed by atoms with Crippen molar-refractivity contribution in [1.82, 2.24) is 10.2 Å². The first-order chi connectivity index (χ1) is 10.1. The summed E-state index contributed by atoms with van der Waals surface area (Å²) in [4.78, 5) is 11.9. The summed E-state index contributed by atoms with van der Waals surface area (Å²) in [6, 6.07) is 7.72. The summed E-state index contributed by atoms with van der Waals surface area (Å²) in [6.45, 7) is 4.10. The van der Waals surface area contributed by atoms with Crippen LogP contribution in [0.5, 0.6) is 5.75 Å². The third kappa shape index (κ3) is 4.53. The molecule has 0 saturated heterocycles. The van der Waals surface area contributed by atoms with Crippen molar-refractivity contribution in [2.75, 3.05) is 12.4 Å². The standard InChI is InChI=1S/C15H19N3O2S/c1-10(2)14-17-18-15(21-14)16-13(19)9-6-11-4-7-12(20-3)8-5-11/h4-5,7-8,10H,6,9H2,1-3H3,(H,16,18,19). The Morgan fingerprint density at radius 1 is 1.29 bits per heavy atom. The Balaban J connectivity index is 1.83. The molecule has 21 heavy (non-hydrogen) atoms. The maximum absolute atomic E-state index is 11.9. The van der Waals surface area contributed by atoms with Crippen LogP contribution in [0.15, 0.2) is 24.3 Å². The Bertz CT molecular complexity index is 593. The number of ether oxygens (including phenoxy) is 1. The van der Waals surface area contributed by atoms with E-state index in [9.17, 15) is 4.79 Å². The first kappa shape index (κ1) is 15.4. The maximum Gasteiger partial charge on any atom is 0.226 e. The lowest BCUT2D eigenvalue weighted by atomic mass is 10.1. The van der Waals surface area contributed by atoms with E-state index >= 15 is 0 Å². The molecule has 1 aromatic heterocycles.